The average Bonchev–Trinajstić information content (AvgIpc) is 2.74. The Morgan fingerprint density at radius 2 is 2.00 bits per heavy atom. The number of carboxylic acids is 1. The second-order valence-electron chi connectivity index (χ2n) is 6.69. The minimum Gasteiger partial charge on any atom is -0.508 e. The Hall–Kier alpha value is -3.06. The van der Waals surface area contributed by atoms with Crippen molar-refractivity contribution in [3.8, 4) is 5.75 Å². The van der Waals surface area contributed by atoms with Gasteiger partial charge in [-0.25, -0.2) is 9.59 Å². The maximum atomic E-state index is 12.6. The van der Waals surface area contributed by atoms with Gasteiger partial charge in [-0.3, -0.25) is 18.7 Å². The molecule has 0 saturated carbocycles. The molecule has 1 fully saturated rings. The van der Waals surface area contributed by atoms with Crippen molar-refractivity contribution in [3.63, 3.8) is 0 Å². The number of aromatic hydroxyl groups is 1. The summed E-state index contributed by atoms with van der Waals surface area (Å²) < 4.78 is 17.2. The number of β-lactam (4-membered cyclic amide) rings is 1. The number of rotatable bonds is 7. The molecule has 3 amide bonds. The van der Waals surface area contributed by atoms with E-state index in [-0.39, 0.29) is 29.4 Å². The largest absolute Gasteiger partial charge is 0.508 e. The maximum absolute atomic E-state index is 12.6. The Kier molecular flexibility index (Phi) is 6.55. The van der Waals surface area contributed by atoms with Crippen LogP contribution < -0.4 is 11.1 Å². The van der Waals surface area contributed by atoms with Gasteiger partial charge in [0.05, 0.1) is 10.8 Å². The molecule has 1 saturated heterocycles. The summed E-state index contributed by atoms with van der Waals surface area (Å²) in [5.41, 5.74) is 4.82. The van der Waals surface area contributed by atoms with Crippen molar-refractivity contribution in [3.05, 3.63) is 35.5 Å². The summed E-state index contributed by atoms with van der Waals surface area (Å²) in [4.78, 5) is 49.0. The van der Waals surface area contributed by atoms with E-state index in [4.69, 9.17) is 5.73 Å². The van der Waals surface area contributed by atoms with Crippen molar-refractivity contribution in [2.45, 2.75) is 28.5 Å². The number of nitrogens with one attached hydrogen (secondary N) is 1. The van der Waals surface area contributed by atoms with Gasteiger partial charge in [-0.2, -0.15) is 0 Å². The zero-order valence-corrected chi connectivity index (χ0v) is 17.8. The third kappa shape index (κ3) is 4.51. The van der Waals surface area contributed by atoms with Crippen LogP contribution in [0.4, 0.5) is 4.79 Å². The number of nitrogens with two attached hydrogens (primary N) is 1. The van der Waals surface area contributed by atoms with Crippen LogP contribution in [0, 0.1) is 0 Å². The smallest absolute Gasteiger partial charge is 0.404 e. The van der Waals surface area contributed by atoms with Gasteiger partial charge < -0.3 is 26.0 Å². The summed E-state index contributed by atoms with van der Waals surface area (Å²) in [5.74, 6) is -2.48. The highest BCUT2D eigenvalue weighted by Gasteiger charge is 2.54. The molecule has 2 heterocycles. The van der Waals surface area contributed by atoms with E-state index in [0.717, 1.165) is 4.90 Å². The number of phenolic OH excluding ortho intramolecular Hbond substituents is 1. The molecule has 0 aromatic heterocycles. The fourth-order valence-corrected chi connectivity index (χ4v) is 5.51. The summed E-state index contributed by atoms with van der Waals surface area (Å²) in [6.07, 6.45) is -1.07. The lowest BCUT2D eigenvalue weighted by Crippen LogP contribution is -2.71. The molecule has 166 valence electrons. The number of carbonyl (C=O) groups excluding carboxylic acids is 3. The Morgan fingerprint density at radius 1 is 1.35 bits per heavy atom. The summed E-state index contributed by atoms with van der Waals surface area (Å²) in [7, 11) is -1.73. The van der Waals surface area contributed by atoms with Crippen LogP contribution in [0.15, 0.2) is 40.4 Å². The summed E-state index contributed by atoms with van der Waals surface area (Å²) in [5, 5.41) is 19.7. The Morgan fingerprint density at radius 3 is 2.58 bits per heavy atom. The first-order valence-electron chi connectivity index (χ1n) is 8.94. The lowest BCUT2D eigenvalue weighted by atomic mass is 10.0. The molecule has 1 aromatic rings. The molecule has 13 heteroatoms. The number of carboxylic acid groups (broad SMARTS) is 1. The number of benzene rings is 1. The second-order valence-corrected chi connectivity index (χ2v) is 9.57. The van der Waals surface area contributed by atoms with Gasteiger partial charge in [0.2, 0.25) is 5.91 Å². The molecule has 2 aliphatic rings. The van der Waals surface area contributed by atoms with E-state index in [9.17, 15) is 33.6 Å². The fourth-order valence-electron chi connectivity index (χ4n) is 3.10. The Labute approximate surface area is 183 Å². The highest BCUT2D eigenvalue weighted by atomic mass is 32.2. The number of phenols is 1. The number of nitrogens with zero attached hydrogens (tertiary/aromatic N) is 1. The van der Waals surface area contributed by atoms with Gasteiger partial charge in [0.25, 0.3) is 5.91 Å². The summed E-state index contributed by atoms with van der Waals surface area (Å²) >= 11 is 1.20. The van der Waals surface area contributed by atoms with E-state index in [0.29, 0.717) is 4.90 Å². The van der Waals surface area contributed by atoms with Gasteiger partial charge in [0.1, 0.15) is 34.7 Å². The fraction of sp³-hybridized carbons (Fsp3) is 0.333. The van der Waals surface area contributed by atoms with Crippen molar-refractivity contribution >= 4 is 46.4 Å². The average molecular weight is 469 g/mol. The summed E-state index contributed by atoms with van der Waals surface area (Å²) in [6.45, 7) is 1.08. The van der Waals surface area contributed by atoms with E-state index in [1.807, 2.05) is 0 Å². The van der Waals surface area contributed by atoms with Gasteiger partial charge in [-0.15, -0.1) is 11.8 Å². The summed E-state index contributed by atoms with van der Waals surface area (Å²) in [6, 6.07) is 4.58. The normalized spacial score (nSPS) is 22.1. The number of fused-ring (bicyclic) bond motifs is 1. The molecule has 0 bridgehead atoms. The van der Waals surface area contributed by atoms with Gasteiger partial charge in [0, 0.05) is 16.2 Å². The van der Waals surface area contributed by atoms with E-state index < -0.39 is 51.3 Å². The quantitative estimate of drug-likeness (QED) is 0.391. The van der Waals surface area contributed by atoms with Crippen LogP contribution in [-0.4, -0.2) is 72.2 Å². The Balaban J connectivity index is 1.70. The van der Waals surface area contributed by atoms with Gasteiger partial charge in [-0.05, 0) is 31.2 Å². The van der Waals surface area contributed by atoms with Crippen LogP contribution in [-0.2, 0) is 29.9 Å². The van der Waals surface area contributed by atoms with E-state index in [1.54, 1.807) is 0 Å². The molecule has 4 atom stereocenters. The van der Waals surface area contributed by atoms with Crippen LogP contribution >= 0.6 is 11.8 Å². The zero-order chi connectivity index (χ0) is 22.9. The Bertz CT molecular complexity index is 994. The van der Waals surface area contributed by atoms with Crippen molar-refractivity contribution < 1.29 is 38.3 Å². The highest BCUT2D eigenvalue weighted by Crippen LogP contribution is 2.40. The predicted octanol–water partition coefficient (Wildman–Crippen LogP) is -0.278. The molecule has 1 aromatic carbocycles. The molecule has 2 aliphatic heterocycles. The first-order chi connectivity index (χ1) is 14.6. The molecular weight excluding hydrogens is 450 g/mol. The molecule has 0 spiro atoms. The predicted molar refractivity (Wildman–Crippen MR) is 109 cm³/mol. The van der Waals surface area contributed by atoms with E-state index in [2.05, 4.69) is 10.1 Å². The third-order valence-electron chi connectivity index (χ3n) is 4.70. The van der Waals surface area contributed by atoms with Crippen molar-refractivity contribution in [2.24, 2.45) is 5.73 Å². The number of carbonyl (C=O) groups is 4. The first kappa shape index (κ1) is 22.6. The van der Waals surface area contributed by atoms with Crippen LogP contribution in [0.5, 0.6) is 5.75 Å². The minimum atomic E-state index is -1.73. The highest BCUT2D eigenvalue weighted by molar-refractivity contribution is 8.00. The van der Waals surface area contributed by atoms with Gasteiger partial charge in [0.15, 0.2) is 0 Å². The zero-order valence-electron chi connectivity index (χ0n) is 16.1. The molecule has 0 radical (unpaired) electrons. The topological polar surface area (TPSA) is 176 Å². The molecular formula is C18H19N3O8S2. The maximum Gasteiger partial charge on any atom is 0.404 e. The third-order valence-corrected chi connectivity index (χ3v) is 7.63. The number of amides is 3. The number of hydrogen-bond donors (Lipinski definition) is 4. The van der Waals surface area contributed by atoms with E-state index in [1.165, 1.54) is 43.0 Å². The van der Waals surface area contributed by atoms with Gasteiger partial charge >= 0.3 is 12.1 Å². The molecule has 31 heavy (non-hydrogen) atoms. The van der Waals surface area contributed by atoms with Crippen LogP contribution in [0.25, 0.3) is 0 Å². The minimum absolute atomic E-state index is 0.00442. The molecule has 3 unspecified atom stereocenters. The number of aliphatic carboxylic acids is 1. The number of hydrogen-bond acceptors (Lipinski definition) is 8. The molecule has 3 rings (SSSR count). The van der Waals surface area contributed by atoms with Crippen molar-refractivity contribution in [2.75, 3.05) is 12.4 Å². The SMILES string of the molecule is CC(C(=O)NC1C(=O)N2C(C(=O)O)=C(COC(N)=O)CS[C@@H]12)S(=O)c1ccc(O)cc1. The first-order valence-corrected chi connectivity index (χ1v) is 11.2. The lowest BCUT2D eigenvalue weighted by molar-refractivity contribution is -0.150. The standard InChI is InChI=1S/C18H19N3O8S2/c1-8(31(28)11-4-2-10(22)3-5-11)14(23)20-12-15(24)21-13(17(25)26)9(6-29-18(19)27)7-30-16(12)21/h2-5,8,12,16,22H,6-7H2,1H3,(H2,19,27)(H,20,23)(H,25,26)/t8?,12?,16-,31?/m0/s1. The number of primary amides is 1. The van der Waals surface area contributed by atoms with Crippen molar-refractivity contribution in [1.29, 1.82) is 0 Å². The van der Waals surface area contributed by atoms with Gasteiger partial charge in [-0.1, -0.05) is 0 Å². The number of thioether (sulfide) groups is 1. The lowest BCUT2D eigenvalue weighted by Gasteiger charge is -2.49. The second kappa shape index (κ2) is 8.98. The van der Waals surface area contributed by atoms with E-state index >= 15 is 0 Å². The monoisotopic (exact) mass is 469 g/mol. The van der Waals surface area contributed by atoms with Crippen LogP contribution in [0.2, 0.25) is 0 Å². The van der Waals surface area contributed by atoms with Crippen LogP contribution in [0.1, 0.15) is 6.92 Å². The number of ether oxygens (including phenoxy) is 1. The molecule has 0 aliphatic carbocycles. The molecule has 5 N–H and O–H groups in total. The molecule has 11 nitrogen and oxygen atoms in total. The van der Waals surface area contributed by atoms with Crippen molar-refractivity contribution in [1.82, 2.24) is 10.2 Å². The van der Waals surface area contributed by atoms with Crippen LogP contribution in [0.3, 0.4) is 0 Å².